The number of aryl methyl sites for hydroxylation is 2. The van der Waals surface area contributed by atoms with E-state index in [1.165, 1.54) is 23.2 Å². The molecule has 0 bridgehead atoms. The van der Waals surface area contributed by atoms with Crippen LogP contribution in [0.25, 0.3) is 0 Å². The SMILES string of the molecule is CCCNC(C)CN(C)c1cc(C)cc(C)c1. The molecule has 1 unspecified atom stereocenters. The Morgan fingerprint density at radius 3 is 2.29 bits per heavy atom. The highest BCUT2D eigenvalue weighted by atomic mass is 15.1. The van der Waals surface area contributed by atoms with Crippen molar-refractivity contribution < 1.29 is 0 Å². The van der Waals surface area contributed by atoms with E-state index in [0.717, 1.165) is 13.1 Å². The lowest BCUT2D eigenvalue weighted by Gasteiger charge is -2.25. The summed E-state index contributed by atoms with van der Waals surface area (Å²) in [7, 11) is 2.17. The van der Waals surface area contributed by atoms with Gasteiger partial charge in [0.25, 0.3) is 0 Å². The highest BCUT2D eigenvalue weighted by Gasteiger charge is 2.07. The van der Waals surface area contributed by atoms with Crippen LogP contribution in [0.5, 0.6) is 0 Å². The standard InChI is InChI=1S/C15H26N2/c1-6-7-16-14(4)11-17(5)15-9-12(2)8-13(3)10-15/h8-10,14,16H,6-7,11H2,1-5H3. The van der Waals surface area contributed by atoms with E-state index >= 15 is 0 Å². The highest BCUT2D eigenvalue weighted by Crippen LogP contribution is 2.17. The molecule has 0 fully saturated rings. The third-order valence-electron chi connectivity index (χ3n) is 2.94. The molecule has 0 radical (unpaired) electrons. The number of benzene rings is 1. The van der Waals surface area contributed by atoms with Gasteiger partial charge >= 0.3 is 0 Å². The minimum Gasteiger partial charge on any atom is -0.373 e. The van der Waals surface area contributed by atoms with E-state index in [1.807, 2.05) is 0 Å². The second-order valence-electron chi connectivity index (χ2n) is 5.08. The van der Waals surface area contributed by atoms with Gasteiger partial charge in [0, 0.05) is 25.3 Å². The summed E-state index contributed by atoms with van der Waals surface area (Å²) in [5.74, 6) is 0. The third-order valence-corrected chi connectivity index (χ3v) is 2.94. The Labute approximate surface area is 106 Å². The van der Waals surface area contributed by atoms with Gasteiger partial charge in [-0.05, 0) is 57.0 Å². The molecule has 0 saturated heterocycles. The predicted octanol–water partition coefficient (Wildman–Crippen LogP) is 3.13. The van der Waals surface area contributed by atoms with E-state index in [-0.39, 0.29) is 0 Å². The van der Waals surface area contributed by atoms with Crippen LogP contribution in [0.2, 0.25) is 0 Å². The molecule has 1 aromatic carbocycles. The fraction of sp³-hybridized carbons (Fsp3) is 0.600. The van der Waals surface area contributed by atoms with Crippen molar-refractivity contribution in [1.29, 1.82) is 0 Å². The molecule has 1 rings (SSSR count). The maximum atomic E-state index is 3.52. The van der Waals surface area contributed by atoms with Crippen LogP contribution in [0, 0.1) is 13.8 Å². The van der Waals surface area contributed by atoms with Crippen LogP contribution in [0.3, 0.4) is 0 Å². The van der Waals surface area contributed by atoms with Gasteiger partial charge in [-0.3, -0.25) is 0 Å². The predicted molar refractivity (Wildman–Crippen MR) is 76.9 cm³/mol. The monoisotopic (exact) mass is 234 g/mol. The van der Waals surface area contributed by atoms with Gasteiger partial charge in [0.05, 0.1) is 0 Å². The van der Waals surface area contributed by atoms with Crippen LogP contribution in [-0.2, 0) is 0 Å². The molecule has 2 heteroatoms. The van der Waals surface area contributed by atoms with Crippen LogP contribution in [0.1, 0.15) is 31.4 Å². The fourth-order valence-electron chi connectivity index (χ4n) is 2.14. The first-order chi connectivity index (χ1) is 8.02. The molecule has 0 aliphatic heterocycles. The van der Waals surface area contributed by atoms with Gasteiger partial charge in [-0.25, -0.2) is 0 Å². The summed E-state index contributed by atoms with van der Waals surface area (Å²) < 4.78 is 0. The molecule has 1 N–H and O–H groups in total. The molecule has 0 saturated carbocycles. The molecule has 0 amide bonds. The third kappa shape index (κ3) is 4.78. The maximum Gasteiger partial charge on any atom is 0.0369 e. The molecular weight excluding hydrogens is 208 g/mol. The maximum absolute atomic E-state index is 3.52. The number of nitrogens with one attached hydrogen (secondary N) is 1. The summed E-state index contributed by atoms with van der Waals surface area (Å²) in [6.07, 6.45) is 1.19. The van der Waals surface area contributed by atoms with E-state index in [2.05, 4.69) is 63.2 Å². The first-order valence-electron chi connectivity index (χ1n) is 6.55. The van der Waals surface area contributed by atoms with E-state index in [1.54, 1.807) is 0 Å². The van der Waals surface area contributed by atoms with E-state index in [9.17, 15) is 0 Å². The molecule has 1 aromatic rings. The number of anilines is 1. The minimum absolute atomic E-state index is 0.528. The zero-order valence-electron chi connectivity index (χ0n) is 11.9. The van der Waals surface area contributed by atoms with Gasteiger partial charge in [-0.1, -0.05) is 13.0 Å². The van der Waals surface area contributed by atoms with E-state index in [0.29, 0.717) is 6.04 Å². The van der Waals surface area contributed by atoms with Crippen molar-refractivity contribution in [2.45, 2.75) is 40.2 Å². The first-order valence-corrected chi connectivity index (χ1v) is 6.55. The lowest BCUT2D eigenvalue weighted by molar-refractivity contribution is 0.544. The van der Waals surface area contributed by atoms with Gasteiger partial charge in [-0.2, -0.15) is 0 Å². The molecule has 96 valence electrons. The summed E-state index contributed by atoms with van der Waals surface area (Å²) in [6.45, 7) is 10.9. The molecule has 0 aliphatic carbocycles. The Bertz CT molecular complexity index is 327. The summed E-state index contributed by atoms with van der Waals surface area (Å²) in [6, 6.07) is 7.25. The van der Waals surface area contributed by atoms with Crippen LogP contribution < -0.4 is 10.2 Å². The first kappa shape index (κ1) is 14.0. The lowest BCUT2D eigenvalue weighted by atomic mass is 10.1. The molecule has 0 spiro atoms. The summed E-state index contributed by atoms with van der Waals surface area (Å²) in [4.78, 5) is 2.33. The van der Waals surface area contributed by atoms with Crippen molar-refractivity contribution in [3.05, 3.63) is 29.3 Å². The number of likely N-dealkylation sites (N-methyl/N-ethyl adjacent to an activating group) is 1. The van der Waals surface area contributed by atoms with Crippen molar-refractivity contribution in [1.82, 2.24) is 5.32 Å². The highest BCUT2D eigenvalue weighted by molar-refractivity contribution is 5.50. The van der Waals surface area contributed by atoms with Crippen molar-refractivity contribution in [3.63, 3.8) is 0 Å². The summed E-state index contributed by atoms with van der Waals surface area (Å²) >= 11 is 0. The molecule has 0 heterocycles. The smallest absolute Gasteiger partial charge is 0.0369 e. The van der Waals surface area contributed by atoms with Gasteiger partial charge in [0.1, 0.15) is 0 Å². The van der Waals surface area contributed by atoms with Crippen molar-refractivity contribution in [2.75, 3.05) is 25.0 Å². The average molecular weight is 234 g/mol. The van der Waals surface area contributed by atoms with Gasteiger partial charge in [0.2, 0.25) is 0 Å². The Kier molecular flexibility index (Phi) is 5.49. The van der Waals surface area contributed by atoms with Gasteiger partial charge < -0.3 is 10.2 Å². The van der Waals surface area contributed by atoms with E-state index in [4.69, 9.17) is 0 Å². The van der Waals surface area contributed by atoms with Gasteiger partial charge in [0.15, 0.2) is 0 Å². The van der Waals surface area contributed by atoms with Crippen molar-refractivity contribution in [3.8, 4) is 0 Å². The number of rotatable bonds is 6. The minimum atomic E-state index is 0.528. The quantitative estimate of drug-likeness (QED) is 0.813. The Balaban J connectivity index is 2.59. The Morgan fingerprint density at radius 1 is 1.18 bits per heavy atom. The lowest BCUT2D eigenvalue weighted by Crippen LogP contribution is -2.37. The Morgan fingerprint density at radius 2 is 1.76 bits per heavy atom. The topological polar surface area (TPSA) is 15.3 Å². The second kappa shape index (κ2) is 6.65. The van der Waals surface area contributed by atoms with Gasteiger partial charge in [-0.15, -0.1) is 0 Å². The normalized spacial score (nSPS) is 12.5. The average Bonchev–Trinajstić information content (AvgIpc) is 2.25. The molecule has 0 aliphatic rings. The van der Waals surface area contributed by atoms with Crippen LogP contribution >= 0.6 is 0 Å². The number of hydrogen-bond acceptors (Lipinski definition) is 2. The second-order valence-corrected chi connectivity index (χ2v) is 5.08. The number of hydrogen-bond donors (Lipinski definition) is 1. The molecule has 1 atom stereocenters. The van der Waals surface area contributed by atoms with Crippen LogP contribution in [-0.4, -0.2) is 26.2 Å². The van der Waals surface area contributed by atoms with Crippen LogP contribution in [0.4, 0.5) is 5.69 Å². The zero-order chi connectivity index (χ0) is 12.8. The van der Waals surface area contributed by atoms with E-state index < -0.39 is 0 Å². The number of nitrogens with zero attached hydrogens (tertiary/aromatic N) is 1. The Hall–Kier alpha value is -1.02. The largest absolute Gasteiger partial charge is 0.373 e. The van der Waals surface area contributed by atoms with Crippen molar-refractivity contribution >= 4 is 5.69 Å². The summed E-state index contributed by atoms with van der Waals surface area (Å²) in [5, 5.41) is 3.52. The van der Waals surface area contributed by atoms with Crippen LogP contribution in [0.15, 0.2) is 18.2 Å². The fourth-order valence-corrected chi connectivity index (χ4v) is 2.14. The van der Waals surface area contributed by atoms with Crippen molar-refractivity contribution in [2.24, 2.45) is 0 Å². The zero-order valence-corrected chi connectivity index (χ0v) is 11.9. The molecular formula is C15H26N2. The molecule has 2 nitrogen and oxygen atoms in total. The molecule has 0 aromatic heterocycles. The molecule has 17 heavy (non-hydrogen) atoms. The summed E-state index contributed by atoms with van der Waals surface area (Å²) in [5.41, 5.74) is 3.98.